The fourth-order valence-electron chi connectivity index (χ4n) is 2.71. The zero-order chi connectivity index (χ0) is 17.8. The molecule has 0 bridgehead atoms. The van der Waals surface area contributed by atoms with E-state index in [0.29, 0.717) is 12.5 Å². The summed E-state index contributed by atoms with van der Waals surface area (Å²) in [5.74, 6) is 2.01. The fourth-order valence-corrected chi connectivity index (χ4v) is 2.71. The van der Waals surface area contributed by atoms with Crippen LogP contribution in [0.25, 0.3) is 11.0 Å². The van der Waals surface area contributed by atoms with Crippen molar-refractivity contribution in [2.75, 3.05) is 12.4 Å². The molecule has 0 saturated carbocycles. The van der Waals surface area contributed by atoms with Gasteiger partial charge in [-0.05, 0) is 36.2 Å². The van der Waals surface area contributed by atoms with Gasteiger partial charge in [0.1, 0.15) is 18.1 Å². The van der Waals surface area contributed by atoms with E-state index in [1.807, 2.05) is 41.9 Å². The number of fused-ring (bicyclic) bond motifs is 1. The molecule has 0 radical (unpaired) electrons. The molecule has 25 heavy (non-hydrogen) atoms. The molecular formula is C19H23N5O. The van der Waals surface area contributed by atoms with E-state index in [4.69, 9.17) is 10.5 Å². The molecule has 0 aliphatic rings. The lowest BCUT2D eigenvalue weighted by molar-refractivity contribution is 0.415. The quantitative estimate of drug-likeness (QED) is 0.554. The highest BCUT2D eigenvalue weighted by atomic mass is 16.5. The number of nitrogens with zero attached hydrogens (tertiary/aromatic N) is 3. The third-order valence-corrected chi connectivity index (χ3v) is 4.18. The smallest absolute Gasteiger partial charge is 0.193 e. The topological polar surface area (TPSA) is 77.5 Å². The third-order valence-electron chi connectivity index (χ3n) is 4.18. The van der Waals surface area contributed by atoms with Gasteiger partial charge in [-0.25, -0.2) is 9.98 Å². The van der Waals surface area contributed by atoms with Gasteiger partial charge in [0, 0.05) is 18.8 Å². The lowest BCUT2D eigenvalue weighted by atomic mass is 10.1. The van der Waals surface area contributed by atoms with E-state index in [1.54, 1.807) is 7.11 Å². The molecule has 130 valence electrons. The molecule has 0 spiro atoms. The lowest BCUT2D eigenvalue weighted by Gasteiger charge is -2.07. The van der Waals surface area contributed by atoms with Crippen molar-refractivity contribution in [3.05, 3.63) is 53.9 Å². The first-order valence-corrected chi connectivity index (χ1v) is 8.26. The molecule has 0 saturated heterocycles. The van der Waals surface area contributed by atoms with Gasteiger partial charge in [-0.1, -0.05) is 19.1 Å². The zero-order valence-corrected chi connectivity index (χ0v) is 14.8. The molecule has 1 heterocycles. The van der Waals surface area contributed by atoms with Gasteiger partial charge in [0.15, 0.2) is 5.96 Å². The standard InChI is InChI=1S/C19H23N5O/c1-4-13-6-5-7-14(10-13)22-19(20)21-12-18-23-16-11-15(25-3)8-9-17(16)24(18)2/h5-11H,4,12H2,1-3H3,(H3,20,21,22). The van der Waals surface area contributed by atoms with Crippen LogP contribution in [-0.2, 0) is 20.0 Å². The van der Waals surface area contributed by atoms with E-state index in [1.165, 1.54) is 5.56 Å². The number of anilines is 1. The summed E-state index contributed by atoms with van der Waals surface area (Å²) in [5.41, 5.74) is 10.1. The Kier molecular flexibility index (Phi) is 4.88. The summed E-state index contributed by atoms with van der Waals surface area (Å²) in [4.78, 5) is 9.03. The average molecular weight is 337 g/mol. The molecule has 0 unspecified atom stereocenters. The molecule has 0 atom stereocenters. The van der Waals surface area contributed by atoms with Gasteiger partial charge in [0.25, 0.3) is 0 Å². The second-order valence-corrected chi connectivity index (χ2v) is 5.82. The van der Waals surface area contributed by atoms with Crippen molar-refractivity contribution in [3.8, 4) is 5.75 Å². The minimum atomic E-state index is 0.373. The van der Waals surface area contributed by atoms with Crippen molar-refractivity contribution in [2.45, 2.75) is 19.9 Å². The second-order valence-electron chi connectivity index (χ2n) is 5.82. The van der Waals surface area contributed by atoms with Gasteiger partial charge in [-0.2, -0.15) is 0 Å². The molecule has 6 heteroatoms. The number of methoxy groups -OCH3 is 1. The van der Waals surface area contributed by atoms with Crippen LogP contribution < -0.4 is 15.8 Å². The predicted molar refractivity (Wildman–Crippen MR) is 102 cm³/mol. The molecule has 0 amide bonds. The van der Waals surface area contributed by atoms with Crippen molar-refractivity contribution >= 4 is 22.7 Å². The first kappa shape index (κ1) is 16.8. The first-order chi connectivity index (χ1) is 12.1. The van der Waals surface area contributed by atoms with Crippen LogP contribution >= 0.6 is 0 Å². The number of imidazole rings is 1. The lowest BCUT2D eigenvalue weighted by Crippen LogP contribution is -2.22. The van der Waals surface area contributed by atoms with E-state index in [9.17, 15) is 0 Å². The van der Waals surface area contributed by atoms with Crippen LogP contribution in [0, 0.1) is 0 Å². The molecule has 3 aromatic rings. The van der Waals surface area contributed by atoms with E-state index < -0.39 is 0 Å². The van der Waals surface area contributed by atoms with Crippen LogP contribution in [0.1, 0.15) is 18.3 Å². The Morgan fingerprint density at radius 2 is 2.12 bits per heavy atom. The van der Waals surface area contributed by atoms with Crippen LogP contribution in [0.5, 0.6) is 5.75 Å². The number of nitrogens with two attached hydrogens (primary N) is 1. The van der Waals surface area contributed by atoms with Gasteiger partial charge < -0.3 is 20.4 Å². The molecular weight excluding hydrogens is 314 g/mol. The largest absolute Gasteiger partial charge is 0.497 e. The molecule has 6 nitrogen and oxygen atoms in total. The highest BCUT2D eigenvalue weighted by molar-refractivity contribution is 5.92. The number of hydrogen-bond donors (Lipinski definition) is 2. The summed E-state index contributed by atoms with van der Waals surface area (Å²) >= 11 is 0. The minimum Gasteiger partial charge on any atom is -0.497 e. The maximum Gasteiger partial charge on any atom is 0.193 e. The molecule has 3 N–H and O–H groups in total. The number of benzene rings is 2. The van der Waals surface area contributed by atoms with Crippen LogP contribution in [0.3, 0.4) is 0 Å². The summed E-state index contributed by atoms with van der Waals surface area (Å²) in [6, 6.07) is 14.0. The normalized spacial score (nSPS) is 11.7. The van der Waals surface area contributed by atoms with Gasteiger partial charge in [-0.15, -0.1) is 0 Å². The Bertz CT molecular complexity index is 913. The summed E-state index contributed by atoms with van der Waals surface area (Å²) < 4.78 is 7.27. The van der Waals surface area contributed by atoms with Crippen molar-refractivity contribution in [1.82, 2.24) is 9.55 Å². The SMILES string of the molecule is CCc1cccc(NC(N)=NCc2nc3cc(OC)ccc3n2C)c1. The second kappa shape index (κ2) is 7.25. The van der Waals surface area contributed by atoms with Gasteiger partial charge >= 0.3 is 0 Å². The Hall–Kier alpha value is -3.02. The van der Waals surface area contributed by atoms with Gasteiger partial charge in [-0.3, -0.25) is 0 Å². The number of aromatic nitrogens is 2. The maximum absolute atomic E-state index is 6.02. The first-order valence-electron chi connectivity index (χ1n) is 8.26. The Morgan fingerprint density at radius 3 is 2.88 bits per heavy atom. The van der Waals surface area contributed by atoms with E-state index >= 15 is 0 Å². The van der Waals surface area contributed by atoms with Crippen molar-refractivity contribution < 1.29 is 4.74 Å². The van der Waals surface area contributed by atoms with Crippen LogP contribution in [-0.4, -0.2) is 22.6 Å². The summed E-state index contributed by atoms with van der Waals surface area (Å²) in [5, 5.41) is 3.13. The molecule has 2 aromatic carbocycles. The minimum absolute atomic E-state index is 0.373. The van der Waals surface area contributed by atoms with Gasteiger partial charge in [0.05, 0.1) is 18.1 Å². The number of ether oxygens (including phenoxy) is 1. The molecule has 0 aliphatic carbocycles. The average Bonchev–Trinajstić information content (AvgIpc) is 2.95. The van der Waals surface area contributed by atoms with Crippen LogP contribution in [0.4, 0.5) is 5.69 Å². The maximum atomic E-state index is 6.02. The number of hydrogen-bond acceptors (Lipinski definition) is 3. The monoisotopic (exact) mass is 337 g/mol. The number of aryl methyl sites for hydroxylation is 2. The Morgan fingerprint density at radius 1 is 1.28 bits per heavy atom. The zero-order valence-electron chi connectivity index (χ0n) is 14.8. The Labute approximate surface area is 147 Å². The molecule has 1 aromatic heterocycles. The van der Waals surface area contributed by atoms with E-state index in [0.717, 1.165) is 34.7 Å². The van der Waals surface area contributed by atoms with Crippen molar-refractivity contribution in [2.24, 2.45) is 17.8 Å². The van der Waals surface area contributed by atoms with E-state index in [2.05, 4.69) is 34.3 Å². The number of guanidine groups is 1. The van der Waals surface area contributed by atoms with Crippen molar-refractivity contribution in [1.29, 1.82) is 0 Å². The molecule has 0 aliphatic heterocycles. The number of aliphatic imine (C=N–C) groups is 1. The Balaban J connectivity index is 1.76. The molecule has 3 rings (SSSR count). The fraction of sp³-hybridized carbons (Fsp3) is 0.263. The van der Waals surface area contributed by atoms with Crippen LogP contribution in [0.15, 0.2) is 47.5 Å². The number of nitrogens with one attached hydrogen (secondary N) is 1. The summed E-state index contributed by atoms with van der Waals surface area (Å²) in [7, 11) is 3.62. The van der Waals surface area contributed by atoms with Crippen molar-refractivity contribution in [3.63, 3.8) is 0 Å². The predicted octanol–water partition coefficient (Wildman–Crippen LogP) is 3.07. The van der Waals surface area contributed by atoms with E-state index in [-0.39, 0.29) is 0 Å². The third kappa shape index (κ3) is 3.74. The van der Waals surface area contributed by atoms with Crippen LogP contribution in [0.2, 0.25) is 0 Å². The highest BCUT2D eigenvalue weighted by Gasteiger charge is 2.08. The van der Waals surface area contributed by atoms with Gasteiger partial charge in [0.2, 0.25) is 0 Å². The number of rotatable bonds is 5. The summed E-state index contributed by atoms with van der Waals surface area (Å²) in [6.45, 7) is 2.52. The molecule has 0 fully saturated rings. The summed E-state index contributed by atoms with van der Waals surface area (Å²) in [6.07, 6.45) is 0.982. The highest BCUT2D eigenvalue weighted by Crippen LogP contribution is 2.21.